The van der Waals surface area contributed by atoms with E-state index in [9.17, 15) is 4.79 Å². The summed E-state index contributed by atoms with van der Waals surface area (Å²) in [7, 11) is 0. The molecule has 4 fully saturated rings. The van der Waals surface area contributed by atoms with Crippen LogP contribution in [0.3, 0.4) is 0 Å². The SMILES string of the molecule is O=C(C=C1C2CC3CC1CN(C3)C2)Nc1ccc(Br)cc1. The molecule has 0 radical (unpaired) electrons. The van der Waals surface area contributed by atoms with Gasteiger partial charge in [0.15, 0.2) is 0 Å². The van der Waals surface area contributed by atoms with Crippen LogP contribution < -0.4 is 5.32 Å². The molecule has 2 unspecified atom stereocenters. The van der Waals surface area contributed by atoms with Crippen molar-refractivity contribution in [1.29, 1.82) is 0 Å². The topological polar surface area (TPSA) is 32.3 Å². The fourth-order valence-corrected chi connectivity index (χ4v) is 4.59. The van der Waals surface area contributed by atoms with E-state index in [1.165, 1.54) is 25.0 Å². The van der Waals surface area contributed by atoms with E-state index in [2.05, 4.69) is 26.1 Å². The lowest BCUT2D eigenvalue weighted by atomic mass is 9.65. The molecule has 3 aliphatic heterocycles. The van der Waals surface area contributed by atoms with Gasteiger partial charge in [0.1, 0.15) is 0 Å². The maximum absolute atomic E-state index is 12.3. The number of rotatable bonds is 2. The molecule has 110 valence electrons. The monoisotopic (exact) mass is 346 g/mol. The Morgan fingerprint density at radius 1 is 1.14 bits per heavy atom. The van der Waals surface area contributed by atoms with Crippen LogP contribution in [0.4, 0.5) is 5.69 Å². The fourth-order valence-electron chi connectivity index (χ4n) is 4.33. The molecule has 21 heavy (non-hydrogen) atoms. The highest BCUT2D eigenvalue weighted by molar-refractivity contribution is 9.10. The number of benzene rings is 1. The quantitative estimate of drug-likeness (QED) is 0.833. The minimum Gasteiger partial charge on any atom is -0.323 e. The first-order chi connectivity index (χ1) is 10.2. The highest BCUT2D eigenvalue weighted by atomic mass is 79.9. The van der Waals surface area contributed by atoms with Crippen LogP contribution >= 0.6 is 15.9 Å². The number of carbonyl (C=O) groups excluding carboxylic acids is 1. The third kappa shape index (κ3) is 2.67. The Hall–Kier alpha value is -1.13. The van der Waals surface area contributed by atoms with Crippen LogP contribution in [0.25, 0.3) is 0 Å². The van der Waals surface area contributed by atoms with Gasteiger partial charge in [0.05, 0.1) is 0 Å². The van der Waals surface area contributed by atoms with Gasteiger partial charge in [-0.25, -0.2) is 0 Å². The summed E-state index contributed by atoms with van der Waals surface area (Å²) in [6, 6.07) is 7.73. The predicted molar refractivity (Wildman–Crippen MR) is 87.0 cm³/mol. The van der Waals surface area contributed by atoms with Gasteiger partial charge in [-0.1, -0.05) is 21.5 Å². The Morgan fingerprint density at radius 3 is 2.43 bits per heavy atom. The molecule has 3 heterocycles. The second-order valence-corrected chi connectivity index (χ2v) is 7.51. The normalized spacial score (nSPS) is 33.1. The summed E-state index contributed by atoms with van der Waals surface area (Å²) in [5.74, 6) is 2.13. The van der Waals surface area contributed by atoms with Crippen LogP contribution in [-0.4, -0.2) is 30.4 Å². The molecule has 0 spiro atoms. The third-order valence-electron chi connectivity index (χ3n) is 5.06. The van der Waals surface area contributed by atoms with E-state index < -0.39 is 0 Å². The first-order valence-electron chi connectivity index (χ1n) is 7.68. The van der Waals surface area contributed by atoms with Gasteiger partial charge in [-0.3, -0.25) is 4.79 Å². The Balaban J connectivity index is 1.49. The lowest BCUT2D eigenvalue weighted by Crippen LogP contribution is -2.54. The van der Waals surface area contributed by atoms with Gasteiger partial charge < -0.3 is 10.2 Å². The first kappa shape index (κ1) is 13.5. The van der Waals surface area contributed by atoms with Crippen molar-refractivity contribution in [2.45, 2.75) is 12.8 Å². The minimum atomic E-state index is 0.0230. The highest BCUT2D eigenvalue weighted by Crippen LogP contribution is 2.46. The van der Waals surface area contributed by atoms with E-state index in [4.69, 9.17) is 0 Å². The first-order valence-corrected chi connectivity index (χ1v) is 8.47. The van der Waals surface area contributed by atoms with E-state index >= 15 is 0 Å². The molecule has 0 aromatic heterocycles. The van der Waals surface area contributed by atoms with Gasteiger partial charge in [0.2, 0.25) is 5.91 Å². The smallest absolute Gasteiger partial charge is 0.248 e. The zero-order chi connectivity index (χ0) is 14.4. The molecule has 1 amide bonds. The Labute approximate surface area is 133 Å². The molecule has 1 aliphatic carbocycles. The molecular formula is C17H19BrN2O. The molecule has 3 saturated heterocycles. The maximum Gasteiger partial charge on any atom is 0.248 e. The van der Waals surface area contributed by atoms with Gasteiger partial charge in [0.25, 0.3) is 0 Å². The Bertz CT molecular complexity index is 563. The van der Waals surface area contributed by atoms with E-state index in [1.807, 2.05) is 30.3 Å². The minimum absolute atomic E-state index is 0.0230. The average Bonchev–Trinajstić information content (AvgIpc) is 2.45. The molecule has 1 N–H and O–H groups in total. The number of hydrogen-bond donors (Lipinski definition) is 1. The number of amides is 1. The van der Waals surface area contributed by atoms with Gasteiger partial charge in [0, 0.05) is 35.9 Å². The molecular weight excluding hydrogens is 328 g/mol. The largest absolute Gasteiger partial charge is 0.323 e. The molecule has 4 heteroatoms. The van der Waals surface area contributed by atoms with Gasteiger partial charge >= 0.3 is 0 Å². The lowest BCUT2D eigenvalue weighted by Gasteiger charge is -2.53. The number of piperidine rings is 3. The average molecular weight is 347 g/mol. The predicted octanol–water partition coefficient (Wildman–Crippen LogP) is 3.29. The van der Waals surface area contributed by atoms with Crippen LogP contribution in [0.5, 0.6) is 0 Å². The molecule has 2 atom stereocenters. The molecule has 5 rings (SSSR count). The van der Waals surface area contributed by atoms with Crippen molar-refractivity contribution in [1.82, 2.24) is 4.90 Å². The summed E-state index contributed by atoms with van der Waals surface area (Å²) >= 11 is 3.40. The zero-order valence-electron chi connectivity index (χ0n) is 11.9. The standard InChI is InChI=1S/C17H19BrN2O/c18-14-1-3-15(4-2-14)19-17(21)7-16-12-5-11-6-13(16)10-20(8-11)9-12/h1-4,7,11-13H,5-6,8-10H2,(H,19,21). The van der Waals surface area contributed by atoms with Gasteiger partial charge in [-0.05, 0) is 54.9 Å². The zero-order valence-corrected chi connectivity index (χ0v) is 13.5. The van der Waals surface area contributed by atoms with Crippen LogP contribution in [0, 0.1) is 17.8 Å². The van der Waals surface area contributed by atoms with E-state index in [0.717, 1.165) is 29.2 Å². The van der Waals surface area contributed by atoms with Gasteiger partial charge in [-0.15, -0.1) is 0 Å². The van der Waals surface area contributed by atoms with Crippen molar-refractivity contribution < 1.29 is 4.79 Å². The van der Waals surface area contributed by atoms with Crippen molar-refractivity contribution >= 4 is 27.5 Å². The number of hydrogen-bond acceptors (Lipinski definition) is 2. The lowest BCUT2D eigenvalue weighted by molar-refractivity contribution is -0.112. The van der Waals surface area contributed by atoms with Crippen LogP contribution in [-0.2, 0) is 4.79 Å². The van der Waals surface area contributed by atoms with E-state index in [-0.39, 0.29) is 5.91 Å². The summed E-state index contributed by atoms with van der Waals surface area (Å²) < 4.78 is 1.02. The Kier molecular flexibility index (Phi) is 3.38. The second kappa shape index (κ2) is 5.25. The molecule has 3 nitrogen and oxygen atoms in total. The van der Waals surface area contributed by atoms with E-state index in [0.29, 0.717) is 11.8 Å². The van der Waals surface area contributed by atoms with Crippen molar-refractivity contribution in [2.24, 2.45) is 17.8 Å². The second-order valence-electron chi connectivity index (χ2n) is 6.59. The number of nitrogens with one attached hydrogen (secondary N) is 1. The van der Waals surface area contributed by atoms with E-state index in [1.54, 1.807) is 0 Å². The van der Waals surface area contributed by atoms with Crippen molar-refractivity contribution in [3.8, 4) is 0 Å². The summed E-state index contributed by atoms with van der Waals surface area (Å²) in [5, 5.41) is 2.98. The van der Waals surface area contributed by atoms with Gasteiger partial charge in [-0.2, -0.15) is 0 Å². The van der Waals surface area contributed by atoms with Crippen molar-refractivity contribution in [3.63, 3.8) is 0 Å². The molecule has 1 aromatic carbocycles. The van der Waals surface area contributed by atoms with Crippen LogP contribution in [0.1, 0.15) is 12.8 Å². The summed E-state index contributed by atoms with van der Waals surface area (Å²) in [5.41, 5.74) is 2.25. The molecule has 1 saturated carbocycles. The summed E-state index contributed by atoms with van der Waals surface area (Å²) in [6.45, 7) is 3.60. The number of halogens is 1. The van der Waals surface area contributed by atoms with Crippen LogP contribution in [0.2, 0.25) is 0 Å². The number of anilines is 1. The fraction of sp³-hybridized carbons (Fsp3) is 0.471. The molecule has 1 aromatic rings. The third-order valence-corrected chi connectivity index (χ3v) is 5.59. The highest BCUT2D eigenvalue weighted by Gasteiger charge is 2.44. The van der Waals surface area contributed by atoms with Crippen molar-refractivity contribution in [2.75, 3.05) is 25.0 Å². The number of nitrogens with zero attached hydrogens (tertiary/aromatic N) is 1. The van der Waals surface area contributed by atoms with Crippen molar-refractivity contribution in [3.05, 3.63) is 40.4 Å². The summed E-state index contributed by atoms with van der Waals surface area (Å²) in [6.07, 6.45) is 4.45. The molecule has 4 aliphatic rings. The van der Waals surface area contributed by atoms with Crippen LogP contribution in [0.15, 0.2) is 40.4 Å². The maximum atomic E-state index is 12.3. The summed E-state index contributed by atoms with van der Waals surface area (Å²) in [4.78, 5) is 14.9. The Morgan fingerprint density at radius 2 is 1.81 bits per heavy atom. The number of carbonyl (C=O) groups is 1. The molecule has 4 bridgehead atoms.